The van der Waals surface area contributed by atoms with E-state index in [9.17, 15) is 0 Å². The van der Waals surface area contributed by atoms with Crippen molar-refractivity contribution in [3.8, 4) is 0 Å². The van der Waals surface area contributed by atoms with Crippen LogP contribution in [0.15, 0.2) is 47.5 Å². The summed E-state index contributed by atoms with van der Waals surface area (Å²) in [5, 5.41) is 4.01. The van der Waals surface area contributed by atoms with Gasteiger partial charge in [0.05, 0.1) is 17.6 Å². The number of hydrogen-bond acceptors (Lipinski definition) is 3. The molecule has 1 aliphatic heterocycles. The lowest BCUT2D eigenvalue weighted by Gasteiger charge is -2.01. The number of nitrogens with one attached hydrogen (secondary N) is 2. The summed E-state index contributed by atoms with van der Waals surface area (Å²) in [7, 11) is 0. The molecule has 5 heteroatoms. The minimum atomic E-state index is 0.729. The minimum Gasteiger partial charge on any atom is -0.368 e. The summed E-state index contributed by atoms with van der Waals surface area (Å²) in [6, 6.07) is 13.9. The summed E-state index contributed by atoms with van der Waals surface area (Å²) in [5.41, 5.74) is 3.99. The lowest BCUT2D eigenvalue weighted by atomic mass is 10.2. The number of imidazole rings is 1. The van der Waals surface area contributed by atoms with Crippen LogP contribution in [0.1, 0.15) is 17.0 Å². The Morgan fingerprint density at radius 2 is 2.00 bits per heavy atom. The van der Waals surface area contributed by atoms with Crippen LogP contribution < -0.4 is 5.32 Å². The smallest absolute Gasteiger partial charge is 0.131 e. The highest BCUT2D eigenvalue weighted by Gasteiger charge is 2.09. The van der Waals surface area contributed by atoms with E-state index in [1.54, 1.807) is 0 Å². The number of benzene rings is 2. The number of aromatic amines is 1. The Morgan fingerprint density at radius 1 is 1.09 bits per heavy atom. The van der Waals surface area contributed by atoms with Crippen molar-refractivity contribution in [1.82, 2.24) is 15.3 Å². The number of aliphatic imine (C=N–C) groups is 1. The normalized spacial score (nSPS) is 14.4. The monoisotopic (exact) mass is 322 g/mol. The maximum Gasteiger partial charge on any atom is 0.131 e. The molecule has 3 aromatic rings. The Hall–Kier alpha value is -2.59. The maximum absolute atomic E-state index is 6.16. The number of aromatic nitrogens is 2. The second kappa shape index (κ2) is 5.89. The molecule has 0 fully saturated rings. The fourth-order valence-corrected chi connectivity index (χ4v) is 2.82. The molecule has 2 heterocycles. The standard InChI is InChI=1S/C18H15ClN4/c19-14-4-2-1-3-12(14)6-8-17-22-15-7-5-13(11-16(15)23-17)18-20-9-10-21-18/h1-8,11H,9-10H2,(H,20,21)(H,22,23)/b8-6-. The molecule has 4 rings (SSSR count). The lowest BCUT2D eigenvalue weighted by molar-refractivity contribution is 0.960. The number of amidine groups is 1. The van der Waals surface area contributed by atoms with Crippen molar-refractivity contribution in [3.63, 3.8) is 0 Å². The van der Waals surface area contributed by atoms with Gasteiger partial charge in [-0.05, 0) is 42.0 Å². The minimum absolute atomic E-state index is 0.729. The van der Waals surface area contributed by atoms with Gasteiger partial charge in [0, 0.05) is 17.1 Å². The quantitative estimate of drug-likeness (QED) is 0.772. The number of halogens is 1. The zero-order chi connectivity index (χ0) is 15.6. The molecule has 0 amide bonds. The van der Waals surface area contributed by atoms with E-state index in [1.807, 2.05) is 48.6 Å². The summed E-state index contributed by atoms with van der Waals surface area (Å²) in [6.07, 6.45) is 3.90. The van der Waals surface area contributed by atoms with E-state index in [0.29, 0.717) is 0 Å². The van der Waals surface area contributed by atoms with Crippen molar-refractivity contribution in [2.75, 3.05) is 13.1 Å². The zero-order valence-electron chi connectivity index (χ0n) is 12.4. The predicted molar refractivity (Wildman–Crippen MR) is 95.9 cm³/mol. The van der Waals surface area contributed by atoms with Crippen LogP contribution in [0, 0.1) is 0 Å². The van der Waals surface area contributed by atoms with Crippen molar-refractivity contribution in [3.05, 3.63) is 64.4 Å². The maximum atomic E-state index is 6.16. The summed E-state index contributed by atoms with van der Waals surface area (Å²) in [5.74, 6) is 1.76. The van der Waals surface area contributed by atoms with Crippen molar-refractivity contribution >= 4 is 40.6 Å². The van der Waals surface area contributed by atoms with Gasteiger partial charge in [0.25, 0.3) is 0 Å². The van der Waals surface area contributed by atoms with Gasteiger partial charge in [0.2, 0.25) is 0 Å². The Balaban J connectivity index is 1.65. The predicted octanol–water partition coefficient (Wildman–Crippen LogP) is 3.74. The van der Waals surface area contributed by atoms with E-state index >= 15 is 0 Å². The lowest BCUT2D eigenvalue weighted by Crippen LogP contribution is -2.19. The van der Waals surface area contributed by atoms with Gasteiger partial charge in [-0.2, -0.15) is 0 Å². The Labute approximate surface area is 138 Å². The third kappa shape index (κ3) is 2.85. The molecule has 0 unspecified atom stereocenters. The van der Waals surface area contributed by atoms with Gasteiger partial charge in [-0.15, -0.1) is 0 Å². The zero-order valence-corrected chi connectivity index (χ0v) is 13.1. The third-order valence-corrected chi connectivity index (χ3v) is 4.12. The fraction of sp³-hybridized carbons (Fsp3) is 0.111. The Bertz CT molecular complexity index is 924. The van der Waals surface area contributed by atoms with Crippen LogP contribution in [0.2, 0.25) is 5.02 Å². The molecule has 0 radical (unpaired) electrons. The molecule has 4 nitrogen and oxygen atoms in total. The molecular formula is C18H15ClN4. The van der Waals surface area contributed by atoms with Crippen LogP contribution in [0.25, 0.3) is 23.2 Å². The fourth-order valence-electron chi connectivity index (χ4n) is 2.63. The molecular weight excluding hydrogens is 308 g/mol. The van der Waals surface area contributed by atoms with Crippen LogP contribution in [0.3, 0.4) is 0 Å². The second-order valence-corrected chi connectivity index (χ2v) is 5.77. The van der Waals surface area contributed by atoms with Gasteiger partial charge in [0.1, 0.15) is 11.7 Å². The SMILES string of the molecule is Clc1ccccc1/C=C\c1nc2ccc(C3=NCCN3)cc2[nH]1. The van der Waals surface area contributed by atoms with E-state index in [2.05, 4.69) is 26.3 Å². The highest BCUT2D eigenvalue weighted by Crippen LogP contribution is 2.19. The molecule has 23 heavy (non-hydrogen) atoms. The van der Waals surface area contributed by atoms with Crippen LogP contribution >= 0.6 is 11.6 Å². The van der Waals surface area contributed by atoms with E-state index in [1.165, 1.54) is 0 Å². The molecule has 0 atom stereocenters. The van der Waals surface area contributed by atoms with Crippen LogP contribution in [-0.4, -0.2) is 28.9 Å². The number of H-pyrrole nitrogens is 1. The molecule has 0 saturated carbocycles. The average Bonchev–Trinajstić information content (AvgIpc) is 3.22. The molecule has 0 spiro atoms. The molecule has 1 aliphatic rings. The van der Waals surface area contributed by atoms with Crippen molar-refractivity contribution in [1.29, 1.82) is 0 Å². The summed E-state index contributed by atoms with van der Waals surface area (Å²) >= 11 is 6.16. The van der Waals surface area contributed by atoms with Gasteiger partial charge in [-0.25, -0.2) is 4.98 Å². The first-order valence-corrected chi connectivity index (χ1v) is 7.88. The molecule has 2 aromatic carbocycles. The van der Waals surface area contributed by atoms with Gasteiger partial charge in [-0.1, -0.05) is 29.8 Å². The van der Waals surface area contributed by atoms with E-state index in [0.717, 1.165) is 51.9 Å². The van der Waals surface area contributed by atoms with Crippen molar-refractivity contribution < 1.29 is 0 Å². The van der Waals surface area contributed by atoms with Gasteiger partial charge >= 0.3 is 0 Å². The average molecular weight is 323 g/mol. The Morgan fingerprint density at radius 3 is 2.83 bits per heavy atom. The molecule has 1 aromatic heterocycles. The van der Waals surface area contributed by atoms with Crippen LogP contribution in [-0.2, 0) is 0 Å². The topological polar surface area (TPSA) is 53.1 Å². The summed E-state index contributed by atoms with van der Waals surface area (Å²) in [4.78, 5) is 12.4. The highest BCUT2D eigenvalue weighted by atomic mass is 35.5. The summed E-state index contributed by atoms with van der Waals surface area (Å²) < 4.78 is 0. The van der Waals surface area contributed by atoms with Crippen molar-refractivity contribution in [2.24, 2.45) is 4.99 Å². The molecule has 2 N–H and O–H groups in total. The summed E-state index contributed by atoms with van der Waals surface area (Å²) in [6.45, 7) is 1.74. The van der Waals surface area contributed by atoms with Crippen LogP contribution in [0.4, 0.5) is 0 Å². The molecule has 0 aliphatic carbocycles. The first-order valence-electron chi connectivity index (χ1n) is 7.51. The highest BCUT2D eigenvalue weighted by molar-refractivity contribution is 6.32. The van der Waals surface area contributed by atoms with Gasteiger partial charge < -0.3 is 10.3 Å². The van der Waals surface area contributed by atoms with Crippen molar-refractivity contribution in [2.45, 2.75) is 0 Å². The molecule has 0 bridgehead atoms. The molecule has 114 valence electrons. The second-order valence-electron chi connectivity index (χ2n) is 5.37. The number of fused-ring (bicyclic) bond motifs is 1. The number of hydrogen-bond donors (Lipinski definition) is 2. The van der Waals surface area contributed by atoms with Gasteiger partial charge in [0.15, 0.2) is 0 Å². The van der Waals surface area contributed by atoms with Gasteiger partial charge in [-0.3, -0.25) is 4.99 Å². The third-order valence-electron chi connectivity index (χ3n) is 3.77. The largest absolute Gasteiger partial charge is 0.368 e. The molecule has 0 saturated heterocycles. The van der Waals surface area contributed by atoms with E-state index in [4.69, 9.17) is 11.6 Å². The first kappa shape index (κ1) is 14.0. The van der Waals surface area contributed by atoms with E-state index in [-0.39, 0.29) is 0 Å². The van der Waals surface area contributed by atoms with Crippen LogP contribution in [0.5, 0.6) is 0 Å². The van der Waals surface area contributed by atoms with E-state index < -0.39 is 0 Å². The Kier molecular flexibility index (Phi) is 3.60. The first-order chi connectivity index (χ1) is 11.3. The number of rotatable bonds is 3. The number of nitrogens with zero attached hydrogens (tertiary/aromatic N) is 2.